The highest BCUT2D eigenvalue weighted by atomic mass is 16.5. The van der Waals surface area contributed by atoms with Gasteiger partial charge in [0.25, 0.3) is 0 Å². The van der Waals surface area contributed by atoms with Crippen molar-refractivity contribution in [2.24, 2.45) is 5.92 Å². The van der Waals surface area contributed by atoms with Gasteiger partial charge in [-0.1, -0.05) is 30.3 Å². The molecule has 0 radical (unpaired) electrons. The first-order valence-corrected chi connectivity index (χ1v) is 10.7. The van der Waals surface area contributed by atoms with E-state index in [0.29, 0.717) is 49.7 Å². The molecule has 2 heterocycles. The molecule has 1 saturated heterocycles. The van der Waals surface area contributed by atoms with Crippen molar-refractivity contribution in [1.82, 2.24) is 9.88 Å². The summed E-state index contributed by atoms with van der Waals surface area (Å²) in [4.78, 5) is 31.2. The van der Waals surface area contributed by atoms with Gasteiger partial charge in [-0.15, -0.1) is 0 Å². The molecule has 7 heteroatoms. The Kier molecular flexibility index (Phi) is 7.09. The summed E-state index contributed by atoms with van der Waals surface area (Å²) >= 11 is 0. The average Bonchev–Trinajstić information content (AvgIpc) is 2.81. The molecule has 3 aromatic rings. The first kappa shape index (κ1) is 21.5. The SMILES string of the molecule is O=C(CN1CCC(C(=O)Nc2ccccn2)CC1)Nc1cccc(Oc2ccccc2)c1. The van der Waals surface area contributed by atoms with Crippen molar-refractivity contribution >= 4 is 23.3 Å². The number of nitrogens with one attached hydrogen (secondary N) is 2. The molecule has 1 fully saturated rings. The molecule has 32 heavy (non-hydrogen) atoms. The molecule has 1 aliphatic rings. The van der Waals surface area contributed by atoms with E-state index >= 15 is 0 Å². The zero-order chi connectivity index (χ0) is 22.2. The second-order valence-corrected chi connectivity index (χ2v) is 7.75. The first-order chi connectivity index (χ1) is 15.7. The molecule has 0 unspecified atom stereocenters. The Labute approximate surface area is 187 Å². The number of hydrogen-bond acceptors (Lipinski definition) is 5. The highest BCUT2D eigenvalue weighted by Gasteiger charge is 2.26. The number of ether oxygens (including phenoxy) is 1. The van der Waals surface area contributed by atoms with Crippen molar-refractivity contribution in [3.63, 3.8) is 0 Å². The van der Waals surface area contributed by atoms with Gasteiger partial charge in [0.1, 0.15) is 17.3 Å². The molecule has 4 rings (SSSR count). The molecular weight excluding hydrogens is 404 g/mol. The van der Waals surface area contributed by atoms with E-state index in [1.165, 1.54) is 0 Å². The van der Waals surface area contributed by atoms with E-state index in [-0.39, 0.29) is 17.7 Å². The second-order valence-electron chi connectivity index (χ2n) is 7.75. The summed E-state index contributed by atoms with van der Waals surface area (Å²) in [6, 6.07) is 22.3. The third-order valence-corrected chi connectivity index (χ3v) is 5.34. The van der Waals surface area contributed by atoms with Crippen LogP contribution < -0.4 is 15.4 Å². The lowest BCUT2D eigenvalue weighted by atomic mass is 9.96. The van der Waals surface area contributed by atoms with Gasteiger partial charge >= 0.3 is 0 Å². The lowest BCUT2D eigenvalue weighted by molar-refractivity contribution is -0.121. The lowest BCUT2D eigenvalue weighted by Crippen LogP contribution is -2.41. The first-order valence-electron chi connectivity index (χ1n) is 10.7. The maximum atomic E-state index is 12.5. The van der Waals surface area contributed by atoms with E-state index in [2.05, 4.69) is 20.5 Å². The van der Waals surface area contributed by atoms with Crippen LogP contribution in [0.15, 0.2) is 79.0 Å². The van der Waals surface area contributed by atoms with Crippen molar-refractivity contribution in [2.75, 3.05) is 30.3 Å². The van der Waals surface area contributed by atoms with Gasteiger partial charge in [0.05, 0.1) is 6.54 Å². The molecule has 164 valence electrons. The van der Waals surface area contributed by atoms with Gasteiger partial charge in [0.15, 0.2) is 0 Å². The molecule has 1 aliphatic heterocycles. The van der Waals surface area contributed by atoms with Gasteiger partial charge in [-0.2, -0.15) is 0 Å². The van der Waals surface area contributed by atoms with E-state index in [4.69, 9.17) is 4.74 Å². The highest BCUT2D eigenvalue weighted by molar-refractivity contribution is 5.93. The van der Waals surface area contributed by atoms with Gasteiger partial charge < -0.3 is 15.4 Å². The largest absolute Gasteiger partial charge is 0.457 e. The van der Waals surface area contributed by atoms with Crippen LogP contribution in [0.4, 0.5) is 11.5 Å². The summed E-state index contributed by atoms with van der Waals surface area (Å²) in [6.07, 6.45) is 3.08. The number of para-hydroxylation sites is 1. The molecule has 2 N–H and O–H groups in total. The summed E-state index contributed by atoms with van der Waals surface area (Å²) in [7, 11) is 0. The Morgan fingerprint density at radius 3 is 2.41 bits per heavy atom. The Balaban J connectivity index is 1.23. The molecular formula is C25H26N4O3. The van der Waals surface area contributed by atoms with Crippen LogP contribution in [0.2, 0.25) is 0 Å². The zero-order valence-corrected chi connectivity index (χ0v) is 17.7. The van der Waals surface area contributed by atoms with Crippen molar-refractivity contribution in [1.29, 1.82) is 0 Å². The number of carbonyl (C=O) groups is 2. The molecule has 0 atom stereocenters. The number of hydrogen-bond donors (Lipinski definition) is 2. The molecule has 7 nitrogen and oxygen atoms in total. The van der Waals surface area contributed by atoms with Crippen LogP contribution in [0, 0.1) is 5.92 Å². The number of carbonyl (C=O) groups excluding carboxylic acids is 2. The molecule has 1 aromatic heterocycles. The Morgan fingerprint density at radius 2 is 1.66 bits per heavy atom. The van der Waals surface area contributed by atoms with Gasteiger partial charge in [-0.05, 0) is 62.3 Å². The fraction of sp³-hybridized carbons (Fsp3) is 0.240. The molecule has 0 saturated carbocycles. The minimum atomic E-state index is -0.0850. The minimum Gasteiger partial charge on any atom is -0.457 e. The quantitative estimate of drug-likeness (QED) is 0.588. The maximum Gasteiger partial charge on any atom is 0.238 e. The van der Waals surface area contributed by atoms with E-state index in [9.17, 15) is 9.59 Å². The summed E-state index contributed by atoms with van der Waals surface area (Å²) in [6.45, 7) is 1.69. The fourth-order valence-electron chi connectivity index (χ4n) is 3.68. The highest BCUT2D eigenvalue weighted by Crippen LogP contribution is 2.24. The van der Waals surface area contributed by atoms with Crippen LogP contribution in [0.25, 0.3) is 0 Å². The number of nitrogens with zero attached hydrogens (tertiary/aromatic N) is 2. The number of rotatable bonds is 7. The summed E-state index contributed by atoms with van der Waals surface area (Å²) in [5.41, 5.74) is 0.688. The van der Waals surface area contributed by atoms with E-state index < -0.39 is 0 Å². The normalized spacial score (nSPS) is 14.5. The van der Waals surface area contributed by atoms with E-state index in [1.807, 2.05) is 60.7 Å². The van der Waals surface area contributed by atoms with Crippen molar-refractivity contribution < 1.29 is 14.3 Å². The summed E-state index contributed by atoms with van der Waals surface area (Å²) in [5.74, 6) is 1.81. The van der Waals surface area contributed by atoms with Crippen LogP contribution in [0.1, 0.15) is 12.8 Å². The summed E-state index contributed by atoms with van der Waals surface area (Å²) in [5, 5.41) is 5.80. The number of anilines is 2. The predicted octanol–water partition coefficient (Wildman–Crippen LogP) is 4.16. The third kappa shape index (κ3) is 6.15. The van der Waals surface area contributed by atoms with E-state index in [1.54, 1.807) is 18.3 Å². The molecule has 2 aromatic carbocycles. The van der Waals surface area contributed by atoms with Gasteiger partial charge in [-0.25, -0.2) is 4.98 Å². The van der Waals surface area contributed by atoms with Crippen LogP contribution >= 0.6 is 0 Å². The monoisotopic (exact) mass is 430 g/mol. The van der Waals surface area contributed by atoms with Gasteiger partial charge in [0, 0.05) is 23.9 Å². The van der Waals surface area contributed by atoms with Crippen LogP contribution in [0.3, 0.4) is 0 Å². The van der Waals surface area contributed by atoms with Gasteiger partial charge in [0.2, 0.25) is 11.8 Å². The molecule has 0 spiro atoms. The molecule has 2 amide bonds. The molecule has 0 bridgehead atoms. The average molecular weight is 431 g/mol. The van der Waals surface area contributed by atoms with Crippen molar-refractivity contribution in [2.45, 2.75) is 12.8 Å². The zero-order valence-electron chi connectivity index (χ0n) is 17.7. The summed E-state index contributed by atoms with van der Waals surface area (Å²) < 4.78 is 5.82. The topological polar surface area (TPSA) is 83.6 Å². The number of piperidine rings is 1. The maximum absolute atomic E-state index is 12.5. The third-order valence-electron chi connectivity index (χ3n) is 5.34. The standard InChI is InChI=1S/C25H26N4O3/c30-24(27-20-7-6-10-22(17-20)32-21-8-2-1-3-9-21)18-29-15-12-19(13-16-29)25(31)28-23-11-4-5-14-26-23/h1-11,14,17,19H,12-13,15-16,18H2,(H,27,30)(H,26,28,31). The second kappa shape index (κ2) is 10.5. The molecule has 0 aliphatic carbocycles. The number of aromatic nitrogens is 1. The van der Waals surface area contributed by atoms with E-state index in [0.717, 1.165) is 5.75 Å². The van der Waals surface area contributed by atoms with Crippen LogP contribution in [0.5, 0.6) is 11.5 Å². The Bertz CT molecular complexity index is 1040. The lowest BCUT2D eigenvalue weighted by Gasteiger charge is -2.30. The van der Waals surface area contributed by atoms with Crippen molar-refractivity contribution in [3.05, 3.63) is 79.0 Å². The minimum absolute atomic E-state index is 0.0111. The predicted molar refractivity (Wildman–Crippen MR) is 124 cm³/mol. The number of amides is 2. The van der Waals surface area contributed by atoms with Crippen LogP contribution in [-0.2, 0) is 9.59 Å². The number of pyridine rings is 1. The smallest absolute Gasteiger partial charge is 0.238 e. The van der Waals surface area contributed by atoms with Crippen LogP contribution in [-0.4, -0.2) is 41.3 Å². The number of likely N-dealkylation sites (tertiary alicyclic amines) is 1. The Morgan fingerprint density at radius 1 is 0.906 bits per heavy atom. The van der Waals surface area contributed by atoms with Gasteiger partial charge in [-0.3, -0.25) is 14.5 Å². The fourth-order valence-corrected chi connectivity index (χ4v) is 3.68. The van der Waals surface area contributed by atoms with Crippen molar-refractivity contribution in [3.8, 4) is 11.5 Å². The Hall–Kier alpha value is -3.71. The number of benzene rings is 2.